The Bertz CT molecular complexity index is 706. The zero-order chi connectivity index (χ0) is 17.4. The molecule has 0 saturated heterocycles. The second-order valence-electron chi connectivity index (χ2n) is 4.49. The van der Waals surface area contributed by atoms with Gasteiger partial charge in [-0.15, -0.1) is 0 Å². The highest BCUT2D eigenvalue weighted by molar-refractivity contribution is 5.72. The lowest BCUT2D eigenvalue weighted by Gasteiger charge is -2.08. The maximum absolute atomic E-state index is 12.2. The van der Waals surface area contributed by atoms with E-state index in [1.165, 1.54) is 14.2 Å². The number of nitrogens with two attached hydrogens (primary N) is 1. The number of ether oxygens (including phenoxy) is 1. The van der Waals surface area contributed by atoms with Gasteiger partial charge in [-0.2, -0.15) is 0 Å². The van der Waals surface area contributed by atoms with Crippen molar-refractivity contribution in [3.63, 3.8) is 0 Å². The fourth-order valence-corrected chi connectivity index (χ4v) is 1.86. The van der Waals surface area contributed by atoms with E-state index in [2.05, 4.69) is 4.84 Å². The van der Waals surface area contributed by atoms with Crippen molar-refractivity contribution in [3.8, 4) is 16.9 Å². The van der Waals surface area contributed by atoms with Gasteiger partial charge in [0.2, 0.25) is 5.43 Å². The molecule has 0 amide bonds. The number of benzene rings is 1. The number of methoxy groups -OCH3 is 1. The van der Waals surface area contributed by atoms with Crippen molar-refractivity contribution in [2.45, 2.75) is 6.92 Å². The molecule has 3 N–H and O–H groups in total. The SMILES string of the molecule is COc1ccc(C)cc1-c1ccccc(N)c1=O.[2H]N(C)OC. The zero-order valence-electron chi connectivity index (χ0n) is 14.3. The van der Waals surface area contributed by atoms with Crippen molar-refractivity contribution in [1.29, 1.82) is 0 Å². The van der Waals surface area contributed by atoms with Crippen LogP contribution in [0.5, 0.6) is 5.75 Å². The van der Waals surface area contributed by atoms with Gasteiger partial charge in [0.25, 0.3) is 0 Å². The summed E-state index contributed by atoms with van der Waals surface area (Å²) in [5.41, 5.74) is 9.03. The largest absolute Gasteiger partial charge is 0.496 e. The molecule has 2 aromatic carbocycles. The van der Waals surface area contributed by atoms with E-state index in [9.17, 15) is 4.79 Å². The lowest BCUT2D eigenvalue weighted by Crippen LogP contribution is -2.07. The Balaban J connectivity index is 0.000000463. The summed E-state index contributed by atoms with van der Waals surface area (Å²) in [5, 5.41) is 0. The molecule has 0 radical (unpaired) electrons. The summed E-state index contributed by atoms with van der Waals surface area (Å²) in [6, 6.07) is 12.6. The molecule has 22 heavy (non-hydrogen) atoms. The van der Waals surface area contributed by atoms with Crippen LogP contribution < -0.4 is 21.4 Å². The maximum atomic E-state index is 12.2. The van der Waals surface area contributed by atoms with Gasteiger partial charge < -0.3 is 15.3 Å². The van der Waals surface area contributed by atoms with Gasteiger partial charge in [-0.3, -0.25) is 4.79 Å². The van der Waals surface area contributed by atoms with Gasteiger partial charge in [-0.25, -0.2) is 5.47 Å². The summed E-state index contributed by atoms with van der Waals surface area (Å²) in [4.78, 5) is 16.4. The molecule has 0 aromatic heterocycles. The quantitative estimate of drug-likeness (QED) is 0.852. The van der Waals surface area contributed by atoms with Crippen LogP contribution in [0.4, 0.5) is 5.69 Å². The first-order valence-corrected chi connectivity index (χ1v) is 6.71. The Morgan fingerprint density at radius 3 is 2.36 bits per heavy atom. The summed E-state index contributed by atoms with van der Waals surface area (Å²) in [6.07, 6.45) is 0. The summed E-state index contributed by atoms with van der Waals surface area (Å²) >= 11 is 0. The fraction of sp³-hybridized carbons (Fsp3) is 0.235. The lowest BCUT2D eigenvalue weighted by atomic mass is 10.0. The minimum atomic E-state index is -0.177. The number of hydroxylamine groups is 1. The van der Waals surface area contributed by atoms with Crippen molar-refractivity contribution in [3.05, 3.63) is 58.3 Å². The van der Waals surface area contributed by atoms with Gasteiger partial charge in [-0.05, 0) is 25.1 Å². The smallest absolute Gasteiger partial charge is 0.209 e. The third-order valence-electron chi connectivity index (χ3n) is 2.98. The summed E-state index contributed by atoms with van der Waals surface area (Å²) < 4.78 is 11.7. The number of nitrogens with one attached hydrogen (secondary N) is 1. The number of nitrogen functional groups attached to an aromatic ring is 1. The molecule has 0 aliphatic heterocycles. The number of hydrogen-bond acceptors (Lipinski definition) is 5. The van der Waals surface area contributed by atoms with Crippen LogP contribution in [0.15, 0.2) is 47.3 Å². The molecule has 2 rings (SSSR count). The van der Waals surface area contributed by atoms with Gasteiger partial charge in [-0.1, -0.05) is 29.8 Å². The minimum absolute atomic E-state index is 0.177. The molecule has 2 aromatic rings. The van der Waals surface area contributed by atoms with Crippen molar-refractivity contribution < 1.29 is 11.0 Å². The Hall–Kier alpha value is -2.37. The number of rotatable bonds is 3. The molecule has 0 atom stereocenters. The zero-order valence-corrected chi connectivity index (χ0v) is 13.3. The van der Waals surface area contributed by atoms with E-state index in [0.29, 0.717) is 11.3 Å². The highest BCUT2D eigenvalue weighted by atomic mass is 16.6. The van der Waals surface area contributed by atoms with Crippen LogP contribution in [0, 0.1) is 6.92 Å². The second kappa shape index (κ2) is 8.81. The molecular weight excluding hydrogens is 280 g/mol. The Morgan fingerprint density at radius 1 is 1.14 bits per heavy atom. The topological polar surface area (TPSA) is 73.6 Å². The highest BCUT2D eigenvalue weighted by Crippen LogP contribution is 2.28. The summed E-state index contributed by atoms with van der Waals surface area (Å²) in [6.45, 7) is 1.97. The molecule has 5 heteroatoms. The first-order valence-electron chi connectivity index (χ1n) is 7.16. The van der Waals surface area contributed by atoms with Gasteiger partial charge in [0.15, 0.2) is 1.41 Å². The van der Waals surface area contributed by atoms with Crippen molar-refractivity contribution in [1.82, 2.24) is 5.47 Å². The van der Waals surface area contributed by atoms with Crippen molar-refractivity contribution in [2.75, 3.05) is 27.0 Å². The first-order chi connectivity index (χ1) is 10.9. The molecule has 0 bridgehead atoms. The van der Waals surface area contributed by atoms with Crippen molar-refractivity contribution >= 4 is 5.69 Å². The van der Waals surface area contributed by atoms with Gasteiger partial charge >= 0.3 is 0 Å². The maximum Gasteiger partial charge on any atom is 0.209 e. The van der Waals surface area contributed by atoms with Crippen LogP contribution in [0.3, 0.4) is 0 Å². The van der Waals surface area contributed by atoms with Crippen LogP contribution in [-0.2, 0) is 4.84 Å². The highest BCUT2D eigenvalue weighted by Gasteiger charge is 2.09. The van der Waals surface area contributed by atoms with Gasteiger partial charge in [0, 0.05) is 18.2 Å². The van der Waals surface area contributed by atoms with Gasteiger partial charge in [0.05, 0.1) is 19.9 Å². The molecule has 0 unspecified atom stereocenters. The monoisotopic (exact) mass is 303 g/mol. The molecule has 0 spiro atoms. The van der Waals surface area contributed by atoms with Crippen molar-refractivity contribution in [2.24, 2.45) is 0 Å². The summed E-state index contributed by atoms with van der Waals surface area (Å²) in [5.74, 6) is 0.670. The molecule has 5 nitrogen and oxygen atoms in total. The molecule has 0 aliphatic rings. The van der Waals surface area contributed by atoms with E-state index in [1.54, 1.807) is 31.4 Å². The molecular formula is C17H22N2O3. The van der Waals surface area contributed by atoms with E-state index in [1.807, 2.05) is 25.1 Å². The van der Waals surface area contributed by atoms with Crippen LogP contribution in [0.1, 0.15) is 5.56 Å². The normalized spacial score (nSPS) is 10.5. The van der Waals surface area contributed by atoms with E-state index in [0.717, 1.165) is 16.6 Å². The van der Waals surface area contributed by atoms with Crippen LogP contribution >= 0.6 is 0 Å². The van der Waals surface area contributed by atoms with E-state index >= 15 is 0 Å². The average Bonchev–Trinajstić information content (AvgIpc) is 2.70. The Morgan fingerprint density at radius 2 is 1.77 bits per heavy atom. The molecule has 0 aliphatic carbocycles. The standard InChI is InChI=1S/C15H15NO2.C2H7NO/c1-10-7-8-14(18-2)12(9-10)11-5-3-4-6-13(16)15(11)17;1-3-4-2/h3-9H,1-2H3,(H2,16,17);3H,1-2H3/i/hD. The molecule has 0 fully saturated rings. The Kier molecular flexibility index (Phi) is 6.41. The Labute approximate surface area is 132 Å². The van der Waals surface area contributed by atoms with E-state index in [-0.39, 0.29) is 11.1 Å². The summed E-state index contributed by atoms with van der Waals surface area (Å²) in [7, 11) is 4.53. The van der Waals surface area contributed by atoms with Crippen LogP contribution in [-0.4, -0.2) is 21.3 Å². The predicted molar refractivity (Wildman–Crippen MR) is 89.9 cm³/mol. The van der Waals surface area contributed by atoms with E-state index in [4.69, 9.17) is 11.9 Å². The lowest BCUT2D eigenvalue weighted by molar-refractivity contribution is 0.112. The second-order valence-corrected chi connectivity index (χ2v) is 4.49. The molecule has 118 valence electrons. The first kappa shape index (κ1) is 16.0. The fourth-order valence-electron chi connectivity index (χ4n) is 1.86. The van der Waals surface area contributed by atoms with Gasteiger partial charge in [0.1, 0.15) is 5.75 Å². The third-order valence-corrected chi connectivity index (χ3v) is 2.98. The number of hydrogen-bond donors (Lipinski definition) is 2. The minimum Gasteiger partial charge on any atom is -0.496 e. The van der Waals surface area contributed by atoms with E-state index < -0.39 is 0 Å². The molecule has 0 heterocycles. The van der Waals surface area contributed by atoms with Crippen LogP contribution in [0.2, 0.25) is 1.41 Å². The van der Waals surface area contributed by atoms with Crippen LogP contribution in [0.25, 0.3) is 11.1 Å². The molecule has 0 saturated carbocycles. The average molecular weight is 303 g/mol. The number of anilines is 1. The third kappa shape index (κ3) is 4.58. The number of aryl methyl sites for hydroxylation is 1. The predicted octanol–water partition coefficient (Wildman–Crippen LogP) is 2.38.